The zero-order valence-corrected chi connectivity index (χ0v) is 14.1. The molecule has 0 aliphatic rings. The topological polar surface area (TPSA) is 69.6 Å². The number of hydrogen-bond donors (Lipinski definition) is 2. The monoisotopic (exact) mass is 311 g/mol. The van der Waals surface area contributed by atoms with Crippen molar-refractivity contribution in [1.82, 2.24) is 20.5 Å². The Morgan fingerprint density at radius 1 is 1.38 bits per heavy atom. The molecule has 6 nitrogen and oxygen atoms in total. The van der Waals surface area contributed by atoms with Gasteiger partial charge < -0.3 is 15.5 Å². The van der Waals surface area contributed by atoms with E-state index in [1.54, 1.807) is 37.4 Å². The van der Waals surface area contributed by atoms with Crippen LogP contribution in [0.25, 0.3) is 0 Å². The Bertz CT molecular complexity index is 470. The Kier molecular flexibility index (Phi) is 7.74. The molecule has 118 valence electrons. The summed E-state index contributed by atoms with van der Waals surface area (Å²) in [6.07, 6.45) is 4.32. The van der Waals surface area contributed by atoms with Gasteiger partial charge in [0.25, 0.3) is 0 Å². The first-order valence-electron chi connectivity index (χ1n) is 7.15. The quantitative estimate of drug-likeness (QED) is 0.580. The van der Waals surface area contributed by atoms with Crippen molar-refractivity contribution in [3.8, 4) is 0 Å². The largest absolute Gasteiger partial charge is 0.356 e. The third-order valence-electron chi connectivity index (χ3n) is 2.93. The molecule has 21 heavy (non-hydrogen) atoms. The molecule has 0 saturated heterocycles. The van der Waals surface area contributed by atoms with Crippen molar-refractivity contribution >= 4 is 23.2 Å². The fourth-order valence-electron chi connectivity index (χ4n) is 1.65. The SMILES string of the molecule is CCc1cnc(CCNC(=NC)NCCC(=O)N(C)C)s1. The first-order valence-corrected chi connectivity index (χ1v) is 7.96. The molecule has 0 fully saturated rings. The molecule has 0 unspecified atom stereocenters. The Hall–Kier alpha value is -1.63. The average molecular weight is 311 g/mol. The van der Waals surface area contributed by atoms with Crippen LogP contribution in [0, 0.1) is 0 Å². The molecule has 1 aromatic rings. The lowest BCUT2D eigenvalue weighted by Crippen LogP contribution is -2.40. The molecule has 0 saturated carbocycles. The number of hydrogen-bond acceptors (Lipinski definition) is 4. The minimum atomic E-state index is 0.104. The number of guanidine groups is 1. The average Bonchev–Trinajstić information content (AvgIpc) is 2.93. The van der Waals surface area contributed by atoms with Crippen molar-refractivity contribution in [2.45, 2.75) is 26.2 Å². The first kappa shape index (κ1) is 17.4. The van der Waals surface area contributed by atoms with Gasteiger partial charge in [-0.25, -0.2) is 4.98 Å². The van der Waals surface area contributed by atoms with Gasteiger partial charge >= 0.3 is 0 Å². The zero-order chi connectivity index (χ0) is 15.7. The molecule has 0 spiro atoms. The number of carbonyl (C=O) groups excluding carboxylic acids is 1. The summed E-state index contributed by atoms with van der Waals surface area (Å²) in [6, 6.07) is 0. The van der Waals surface area contributed by atoms with E-state index in [0.29, 0.717) is 18.9 Å². The molecule has 2 N–H and O–H groups in total. The summed E-state index contributed by atoms with van der Waals surface area (Å²) in [5.74, 6) is 0.821. The maximum absolute atomic E-state index is 11.5. The molecule has 0 aliphatic heterocycles. The second-order valence-corrected chi connectivity index (χ2v) is 5.99. The molecule has 0 radical (unpaired) electrons. The number of carbonyl (C=O) groups is 1. The summed E-state index contributed by atoms with van der Waals surface area (Å²) in [5, 5.41) is 7.50. The Labute approximate surface area is 130 Å². The van der Waals surface area contributed by atoms with E-state index in [4.69, 9.17) is 0 Å². The van der Waals surface area contributed by atoms with Crippen molar-refractivity contribution in [3.63, 3.8) is 0 Å². The van der Waals surface area contributed by atoms with Crippen molar-refractivity contribution < 1.29 is 4.79 Å². The van der Waals surface area contributed by atoms with Crippen LogP contribution in [-0.2, 0) is 17.6 Å². The number of nitrogens with zero attached hydrogens (tertiary/aromatic N) is 3. The van der Waals surface area contributed by atoms with Crippen molar-refractivity contribution in [3.05, 3.63) is 16.1 Å². The van der Waals surface area contributed by atoms with Gasteiger partial charge in [-0.05, 0) is 6.42 Å². The van der Waals surface area contributed by atoms with Gasteiger partial charge in [0.2, 0.25) is 5.91 Å². The van der Waals surface area contributed by atoms with Gasteiger partial charge in [-0.2, -0.15) is 0 Å². The summed E-state index contributed by atoms with van der Waals surface area (Å²) >= 11 is 1.76. The second-order valence-electron chi connectivity index (χ2n) is 4.79. The molecule has 1 heterocycles. The van der Waals surface area contributed by atoms with Gasteiger partial charge in [-0.1, -0.05) is 6.92 Å². The van der Waals surface area contributed by atoms with E-state index < -0.39 is 0 Å². The van der Waals surface area contributed by atoms with Crippen LogP contribution in [0.1, 0.15) is 23.2 Å². The predicted molar refractivity (Wildman–Crippen MR) is 87.9 cm³/mol. The zero-order valence-electron chi connectivity index (χ0n) is 13.3. The van der Waals surface area contributed by atoms with E-state index in [2.05, 4.69) is 27.5 Å². The molecule has 0 aromatic carbocycles. The van der Waals surface area contributed by atoms with E-state index >= 15 is 0 Å². The molecule has 0 aliphatic carbocycles. The number of aliphatic imine (C=N–C) groups is 1. The van der Waals surface area contributed by atoms with Gasteiger partial charge in [-0.3, -0.25) is 9.79 Å². The van der Waals surface area contributed by atoms with Gasteiger partial charge in [0.15, 0.2) is 5.96 Å². The Balaban J connectivity index is 2.23. The van der Waals surface area contributed by atoms with Crippen molar-refractivity contribution in [2.24, 2.45) is 4.99 Å². The van der Waals surface area contributed by atoms with Gasteiger partial charge in [0.05, 0.1) is 5.01 Å². The van der Waals surface area contributed by atoms with Crippen LogP contribution in [0.2, 0.25) is 0 Å². The highest BCUT2D eigenvalue weighted by atomic mass is 32.1. The number of amides is 1. The highest BCUT2D eigenvalue weighted by Crippen LogP contribution is 2.13. The number of aromatic nitrogens is 1. The van der Waals surface area contributed by atoms with Crippen LogP contribution in [0.3, 0.4) is 0 Å². The number of rotatable bonds is 7. The summed E-state index contributed by atoms with van der Waals surface area (Å²) < 4.78 is 0. The summed E-state index contributed by atoms with van der Waals surface area (Å²) in [4.78, 5) is 22.9. The first-order chi connectivity index (χ1) is 10.1. The van der Waals surface area contributed by atoms with Crippen LogP contribution in [0.15, 0.2) is 11.2 Å². The van der Waals surface area contributed by atoms with Crippen molar-refractivity contribution in [2.75, 3.05) is 34.2 Å². The van der Waals surface area contributed by atoms with Gasteiger partial charge in [-0.15, -0.1) is 11.3 Å². The van der Waals surface area contributed by atoms with Crippen LogP contribution in [0.4, 0.5) is 0 Å². The van der Waals surface area contributed by atoms with E-state index in [-0.39, 0.29) is 5.91 Å². The Morgan fingerprint density at radius 3 is 2.67 bits per heavy atom. The number of nitrogens with one attached hydrogen (secondary N) is 2. The normalized spacial score (nSPS) is 11.3. The molecule has 1 amide bonds. The van der Waals surface area contributed by atoms with Crippen LogP contribution in [-0.4, -0.2) is 56.0 Å². The van der Waals surface area contributed by atoms with Crippen LogP contribution >= 0.6 is 11.3 Å². The standard InChI is InChI=1S/C14H25N5OS/c1-5-11-10-18-12(21-11)6-8-16-14(15-2)17-9-7-13(20)19(3)4/h10H,5-9H2,1-4H3,(H2,15,16,17). The molecular weight excluding hydrogens is 286 g/mol. The van der Waals surface area contributed by atoms with E-state index in [1.807, 2.05) is 6.20 Å². The lowest BCUT2D eigenvalue weighted by Gasteiger charge is -2.13. The molecule has 1 aromatic heterocycles. The fourth-order valence-corrected chi connectivity index (χ4v) is 2.51. The fraction of sp³-hybridized carbons (Fsp3) is 0.643. The molecular formula is C14H25N5OS. The maximum Gasteiger partial charge on any atom is 0.223 e. The Morgan fingerprint density at radius 2 is 2.10 bits per heavy atom. The van der Waals surface area contributed by atoms with Crippen LogP contribution < -0.4 is 10.6 Å². The van der Waals surface area contributed by atoms with E-state index in [1.165, 1.54) is 4.88 Å². The summed E-state index contributed by atoms with van der Waals surface area (Å²) in [5.41, 5.74) is 0. The van der Waals surface area contributed by atoms with E-state index in [0.717, 1.165) is 24.4 Å². The lowest BCUT2D eigenvalue weighted by molar-refractivity contribution is -0.128. The highest BCUT2D eigenvalue weighted by Gasteiger charge is 2.05. The third kappa shape index (κ3) is 6.57. The number of aryl methyl sites for hydroxylation is 1. The predicted octanol–water partition coefficient (Wildman–Crippen LogP) is 0.891. The third-order valence-corrected chi connectivity index (χ3v) is 4.14. The van der Waals surface area contributed by atoms with Gasteiger partial charge in [0, 0.05) is 58.1 Å². The molecule has 0 atom stereocenters. The lowest BCUT2D eigenvalue weighted by atomic mass is 10.4. The smallest absolute Gasteiger partial charge is 0.223 e. The molecule has 7 heteroatoms. The van der Waals surface area contributed by atoms with Gasteiger partial charge in [0.1, 0.15) is 0 Å². The number of thiazole rings is 1. The minimum Gasteiger partial charge on any atom is -0.356 e. The second kappa shape index (κ2) is 9.33. The maximum atomic E-state index is 11.5. The van der Waals surface area contributed by atoms with Crippen LogP contribution in [0.5, 0.6) is 0 Å². The minimum absolute atomic E-state index is 0.104. The van der Waals surface area contributed by atoms with Crippen molar-refractivity contribution in [1.29, 1.82) is 0 Å². The summed E-state index contributed by atoms with van der Waals surface area (Å²) in [7, 11) is 5.24. The molecule has 0 bridgehead atoms. The molecule has 1 rings (SSSR count). The highest BCUT2D eigenvalue weighted by molar-refractivity contribution is 7.11. The van der Waals surface area contributed by atoms with E-state index in [9.17, 15) is 4.79 Å². The summed E-state index contributed by atoms with van der Waals surface area (Å²) in [6.45, 7) is 3.49.